The van der Waals surface area contributed by atoms with Crippen molar-refractivity contribution in [3.05, 3.63) is 89.4 Å². The summed E-state index contributed by atoms with van der Waals surface area (Å²) in [6.07, 6.45) is 0. The Morgan fingerprint density at radius 2 is 1.45 bits per heavy atom. The minimum absolute atomic E-state index is 0.262. The highest BCUT2D eigenvalue weighted by atomic mass is 19.1. The van der Waals surface area contributed by atoms with Gasteiger partial charge in [0.05, 0.1) is 22.8 Å². The summed E-state index contributed by atoms with van der Waals surface area (Å²) >= 11 is 0. The van der Waals surface area contributed by atoms with E-state index in [4.69, 9.17) is 4.98 Å². The largest absolute Gasteiger partial charge is 0.282 e. The molecule has 0 radical (unpaired) electrons. The number of benzene rings is 1. The van der Waals surface area contributed by atoms with Gasteiger partial charge in [-0.3, -0.25) is 15.1 Å². The summed E-state index contributed by atoms with van der Waals surface area (Å²) in [6.45, 7) is 5.97. The van der Waals surface area contributed by atoms with E-state index in [1.54, 1.807) is 6.07 Å². The topological polar surface area (TPSA) is 54.5 Å². The molecule has 0 saturated heterocycles. The van der Waals surface area contributed by atoms with Crippen molar-refractivity contribution in [2.45, 2.75) is 26.2 Å². The molecule has 4 aromatic rings. The van der Waals surface area contributed by atoms with E-state index in [0.717, 1.165) is 34.5 Å². The Bertz CT molecular complexity index is 1180. The van der Waals surface area contributed by atoms with Crippen LogP contribution < -0.4 is 0 Å². The molecule has 0 aliphatic heterocycles. The lowest BCUT2D eigenvalue weighted by Gasteiger charge is -2.24. The Morgan fingerprint density at radius 1 is 0.793 bits per heavy atom. The van der Waals surface area contributed by atoms with E-state index >= 15 is 0 Å². The lowest BCUT2D eigenvalue weighted by atomic mass is 9.84. The highest BCUT2D eigenvalue weighted by Crippen LogP contribution is 2.32. The zero-order valence-electron chi connectivity index (χ0n) is 16.4. The zero-order chi connectivity index (χ0) is 20.6. The van der Waals surface area contributed by atoms with E-state index in [1.807, 2.05) is 57.2 Å². The van der Waals surface area contributed by atoms with Gasteiger partial charge in [-0.1, -0.05) is 12.1 Å². The van der Waals surface area contributed by atoms with Crippen molar-refractivity contribution in [2.24, 2.45) is 0 Å². The van der Waals surface area contributed by atoms with Crippen molar-refractivity contribution in [3.63, 3.8) is 0 Å². The maximum absolute atomic E-state index is 14.2. The quantitative estimate of drug-likeness (QED) is 0.504. The molecule has 0 aliphatic carbocycles. The van der Waals surface area contributed by atoms with Crippen LogP contribution in [0.25, 0.3) is 22.6 Å². The van der Waals surface area contributed by atoms with Crippen LogP contribution in [0.3, 0.4) is 0 Å². The van der Waals surface area contributed by atoms with E-state index in [-0.39, 0.29) is 5.56 Å². The predicted molar refractivity (Wildman–Crippen MR) is 108 cm³/mol. The van der Waals surface area contributed by atoms with E-state index in [1.165, 1.54) is 12.1 Å². The molecule has 3 aromatic heterocycles. The first-order valence-corrected chi connectivity index (χ1v) is 9.27. The van der Waals surface area contributed by atoms with Crippen LogP contribution in [-0.2, 0) is 5.41 Å². The Kier molecular flexibility index (Phi) is 4.70. The number of aromatic amines is 1. The van der Waals surface area contributed by atoms with Crippen LogP contribution in [0.5, 0.6) is 0 Å². The Morgan fingerprint density at radius 3 is 2.07 bits per heavy atom. The average Bonchev–Trinajstić information content (AvgIpc) is 3.14. The lowest BCUT2D eigenvalue weighted by molar-refractivity contribution is 0.583. The van der Waals surface area contributed by atoms with Gasteiger partial charge in [-0.25, -0.2) is 8.78 Å². The molecule has 0 fully saturated rings. The third-order valence-corrected chi connectivity index (χ3v) is 4.95. The average molecular weight is 390 g/mol. The molecule has 146 valence electrons. The summed E-state index contributed by atoms with van der Waals surface area (Å²) in [5.41, 5.74) is 4.23. The van der Waals surface area contributed by atoms with Crippen LogP contribution in [0.15, 0.2) is 60.7 Å². The van der Waals surface area contributed by atoms with Gasteiger partial charge in [0, 0.05) is 22.7 Å². The third-order valence-electron chi connectivity index (χ3n) is 4.95. The fraction of sp³-hybridized carbons (Fsp3) is 0.174. The number of nitrogens with zero attached hydrogens (tertiary/aromatic N) is 3. The predicted octanol–water partition coefficient (Wildman–Crippen LogP) is 5.45. The number of rotatable bonds is 4. The van der Waals surface area contributed by atoms with Gasteiger partial charge in [0.2, 0.25) is 0 Å². The highest BCUT2D eigenvalue weighted by Gasteiger charge is 2.27. The number of H-pyrrole nitrogens is 1. The van der Waals surface area contributed by atoms with Gasteiger partial charge in [0.1, 0.15) is 17.3 Å². The molecular formula is C23H20F2N4. The van der Waals surface area contributed by atoms with Crippen LogP contribution in [0.4, 0.5) is 8.78 Å². The monoisotopic (exact) mass is 390 g/mol. The summed E-state index contributed by atoms with van der Waals surface area (Å²) in [6, 6.07) is 16.7. The van der Waals surface area contributed by atoms with Crippen molar-refractivity contribution < 1.29 is 8.78 Å². The first-order chi connectivity index (χ1) is 13.8. The van der Waals surface area contributed by atoms with Crippen LogP contribution in [0, 0.1) is 18.6 Å². The van der Waals surface area contributed by atoms with Gasteiger partial charge in [0.15, 0.2) is 0 Å². The molecule has 0 bridgehead atoms. The van der Waals surface area contributed by atoms with Crippen molar-refractivity contribution in [1.82, 2.24) is 20.2 Å². The summed E-state index contributed by atoms with van der Waals surface area (Å²) in [5.74, 6) is -1.25. The second-order valence-electron chi connectivity index (χ2n) is 7.50. The van der Waals surface area contributed by atoms with Crippen molar-refractivity contribution in [3.8, 4) is 22.6 Å². The van der Waals surface area contributed by atoms with Crippen molar-refractivity contribution in [1.29, 1.82) is 0 Å². The van der Waals surface area contributed by atoms with Gasteiger partial charge in [-0.05, 0) is 63.2 Å². The van der Waals surface area contributed by atoms with Crippen molar-refractivity contribution >= 4 is 0 Å². The fourth-order valence-electron chi connectivity index (χ4n) is 3.24. The Labute approximate surface area is 167 Å². The van der Waals surface area contributed by atoms with Gasteiger partial charge in [-0.2, -0.15) is 5.10 Å². The molecule has 1 N–H and O–H groups in total. The maximum atomic E-state index is 14.2. The molecule has 0 unspecified atom stereocenters. The van der Waals surface area contributed by atoms with Gasteiger partial charge < -0.3 is 0 Å². The van der Waals surface area contributed by atoms with Crippen LogP contribution in [0.2, 0.25) is 0 Å². The smallest absolute Gasteiger partial charge is 0.135 e. The molecule has 29 heavy (non-hydrogen) atoms. The standard InChI is InChI=1S/C23H20F2N4/c1-14-12-20(29-28-14)19-7-5-9-22(27-19)23(2,3)21-8-4-6-18(26-21)16-11-10-15(24)13-17(16)25/h4-13H,1-3H3,(H,28,29). The SMILES string of the molecule is Cc1cc(-c2cccc(C(C)(C)c3cccc(-c4ccc(F)cc4F)n3)n2)n[nH]1. The molecule has 6 heteroatoms. The zero-order valence-corrected chi connectivity index (χ0v) is 16.4. The minimum atomic E-state index is -0.638. The number of pyridine rings is 2. The molecule has 4 nitrogen and oxygen atoms in total. The van der Waals surface area contributed by atoms with Crippen LogP contribution in [0.1, 0.15) is 30.9 Å². The Balaban J connectivity index is 1.74. The summed E-state index contributed by atoms with van der Waals surface area (Å²) in [7, 11) is 0. The molecule has 1 aromatic carbocycles. The second kappa shape index (κ2) is 7.20. The first kappa shape index (κ1) is 18.9. The number of nitrogens with one attached hydrogen (secondary N) is 1. The number of hydrogen-bond donors (Lipinski definition) is 1. The molecule has 0 saturated carbocycles. The molecule has 0 spiro atoms. The fourth-order valence-corrected chi connectivity index (χ4v) is 3.24. The highest BCUT2D eigenvalue weighted by molar-refractivity contribution is 5.60. The van der Waals surface area contributed by atoms with Gasteiger partial charge in [0.25, 0.3) is 0 Å². The number of hydrogen-bond acceptors (Lipinski definition) is 3. The maximum Gasteiger partial charge on any atom is 0.135 e. The molecule has 3 heterocycles. The molecular weight excluding hydrogens is 370 g/mol. The van der Waals surface area contributed by atoms with E-state index in [0.29, 0.717) is 5.69 Å². The molecule has 4 rings (SSSR count). The van der Waals surface area contributed by atoms with E-state index in [2.05, 4.69) is 15.2 Å². The number of halogens is 2. The van der Waals surface area contributed by atoms with Crippen LogP contribution >= 0.6 is 0 Å². The van der Waals surface area contributed by atoms with Gasteiger partial charge in [-0.15, -0.1) is 0 Å². The van der Waals surface area contributed by atoms with E-state index in [9.17, 15) is 8.78 Å². The Hall–Kier alpha value is -3.41. The normalized spacial score (nSPS) is 11.6. The van der Waals surface area contributed by atoms with Gasteiger partial charge >= 0.3 is 0 Å². The second-order valence-corrected chi connectivity index (χ2v) is 7.50. The molecule has 0 atom stereocenters. The lowest BCUT2D eigenvalue weighted by Crippen LogP contribution is -2.22. The number of aryl methyl sites for hydroxylation is 1. The van der Waals surface area contributed by atoms with Crippen LogP contribution in [-0.4, -0.2) is 20.2 Å². The number of aromatic nitrogens is 4. The summed E-state index contributed by atoms with van der Waals surface area (Å²) in [5, 5.41) is 7.20. The van der Waals surface area contributed by atoms with E-state index < -0.39 is 17.0 Å². The summed E-state index contributed by atoms with van der Waals surface area (Å²) < 4.78 is 27.5. The van der Waals surface area contributed by atoms with Crippen molar-refractivity contribution in [2.75, 3.05) is 0 Å². The first-order valence-electron chi connectivity index (χ1n) is 9.27. The molecule has 0 amide bonds. The molecule has 0 aliphatic rings. The summed E-state index contributed by atoms with van der Waals surface area (Å²) in [4.78, 5) is 9.45. The third kappa shape index (κ3) is 3.66. The minimum Gasteiger partial charge on any atom is -0.282 e.